The Labute approximate surface area is 114 Å². The zero-order valence-corrected chi connectivity index (χ0v) is 12.0. The van der Waals surface area contributed by atoms with Crippen molar-refractivity contribution >= 4 is 17.7 Å². The zero-order chi connectivity index (χ0) is 12.5. The van der Waals surface area contributed by atoms with Crippen LogP contribution in [0.2, 0.25) is 0 Å². The van der Waals surface area contributed by atoms with Gasteiger partial charge in [0.25, 0.3) is 0 Å². The van der Waals surface area contributed by atoms with Gasteiger partial charge in [0.05, 0.1) is 6.04 Å². The molecule has 2 saturated heterocycles. The summed E-state index contributed by atoms with van der Waals surface area (Å²) in [5.41, 5.74) is 0. The lowest BCUT2D eigenvalue weighted by molar-refractivity contribution is -0.133. The van der Waals surface area contributed by atoms with E-state index in [-0.39, 0.29) is 6.04 Å². The maximum Gasteiger partial charge on any atom is 0.239 e. The van der Waals surface area contributed by atoms with Gasteiger partial charge in [-0.2, -0.15) is 11.8 Å². The second kappa shape index (κ2) is 5.41. The van der Waals surface area contributed by atoms with E-state index in [0.717, 1.165) is 37.3 Å². The van der Waals surface area contributed by atoms with Gasteiger partial charge in [-0.25, -0.2) is 0 Å². The number of hydrogen-bond acceptors (Lipinski definition) is 3. The van der Waals surface area contributed by atoms with E-state index < -0.39 is 0 Å². The van der Waals surface area contributed by atoms with E-state index in [1.807, 2.05) is 7.05 Å². The molecule has 1 amide bonds. The summed E-state index contributed by atoms with van der Waals surface area (Å²) < 4.78 is 0. The Kier molecular flexibility index (Phi) is 3.85. The summed E-state index contributed by atoms with van der Waals surface area (Å²) in [5, 5.41) is 3.22. The normalized spacial score (nSPS) is 40.3. The molecule has 1 N–H and O–H groups in total. The molecule has 1 saturated carbocycles. The molecule has 2 heterocycles. The minimum absolute atomic E-state index is 0.0822. The van der Waals surface area contributed by atoms with Crippen LogP contribution in [0.25, 0.3) is 0 Å². The summed E-state index contributed by atoms with van der Waals surface area (Å²) in [4.78, 5) is 14.6. The van der Waals surface area contributed by atoms with Gasteiger partial charge in [0.2, 0.25) is 5.91 Å². The average molecular weight is 268 g/mol. The molecule has 102 valence electrons. The average Bonchev–Trinajstić information content (AvgIpc) is 3.14. The Morgan fingerprint density at radius 1 is 1.39 bits per heavy atom. The van der Waals surface area contributed by atoms with Crippen LogP contribution >= 0.6 is 11.8 Å². The molecule has 4 atom stereocenters. The SMILES string of the molecule is CNC1CC2CC2CN(CC2CCCSC2)C1=O. The number of thioether (sulfide) groups is 1. The predicted octanol–water partition coefficient (Wildman–Crippen LogP) is 1.59. The van der Waals surface area contributed by atoms with E-state index in [1.54, 1.807) is 0 Å². The molecular formula is C14H24N2OS. The molecule has 4 heteroatoms. The number of carbonyl (C=O) groups excluding carboxylic acids is 1. The standard InChI is InChI=1S/C14H24N2OS/c1-15-13-6-11-5-12(11)8-16(14(13)17)7-10-3-2-4-18-9-10/h10-13,15H,2-9H2,1H3. The molecule has 0 aromatic heterocycles. The van der Waals surface area contributed by atoms with Crippen molar-refractivity contribution in [2.75, 3.05) is 31.6 Å². The highest BCUT2D eigenvalue weighted by Gasteiger charge is 2.45. The monoisotopic (exact) mass is 268 g/mol. The Balaban J connectivity index is 1.63. The van der Waals surface area contributed by atoms with Crippen molar-refractivity contribution in [3.05, 3.63) is 0 Å². The van der Waals surface area contributed by atoms with Crippen molar-refractivity contribution in [3.8, 4) is 0 Å². The number of nitrogens with one attached hydrogen (secondary N) is 1. The Morgan fingerprint density at radius 2 is 2.28 bits per heavy atom. The highest BCUT2D eigenvalue weighted by molar-refractivity contribution is 7.99. The van der Waals surface area contributed by atoms with Crippen molar-refractivity contribution in [1.29, 1.82) is 0 Å². The van der Waals surface area contributed by atoms with Gasteiger partial charge in [-0.3, -0.25) is 4.79 Å². The number of likely N-dealkylation sites (tertiary alicyclic amines) is 1. The summed E-state index contributed by atoms with van der Waals surface area (Å²) in [6.45, 7) is 2.04. The molecule has 3 fully saturated rings. The van der Waals surface area contributed by atoms with Gasteiger partial charge in [0, 0.05) is 13.1 Å². The fourth-order valence-corrected chi connectivity index (χ4v) is 4.63. The number of rotatable bonds is 3. The highest BCUT2D eigenvalue weighted by atomic mass is 32.2. The molecule has 4 unspecified atom stereocenters. The fraction of sp³-hybridized carbons (Fsp3) is 0.929. The minimum Gasteiger partial charge on any atom is -0.341 e. The third kappa shape index (κ3) is 2.69. The van der Waals surface area contributed by atoms with Crippen LogP contribution in [0.4, 0.5) is 0 Å². The van der Waals surface area contributed by atoms with Gasteiger partial charge in [-0.15, -0.1) is 0 Å². The second-order valence-corrected chi connectivity index (χ2v) is 7.31. The highest BCUT2D eigenvalue weighted by Crippen LogP contribution is 2.44. The van der Waals surface area contributed by atoms with Gasteiger partial charge in [0.15, 0.2) is 0 Å². The lowest BCUT2D eigenvalue weighted by atomic mass is 10.0. The van der Waals surface area contributed by atoms with Crippen LogP contribution in [0.1, 0.15) is 25.7 Å². The third-order valence-corrected chi connectivity index (χ3v) is 6.04. The number of nitrogens with zero attached hydrogens (tertiary/aromatic N) is 1. The van der Waals surface area contributed by atoms with Crippen molar-refractivity contribution in [3.63, 3.8) is 0 Å². The smallest absolute Gasteiger partial charge is 0.239 e. The lowest BCUT2D eigenvalue weighted by Crippen LogP contribution is -2.47. The topological polar surface area (TPSA) is 32.3 Å². The summed E-state index contributed by atoms with van der Waals surface area (Å²) >= 11 is 2.06. The van der Waals surface area contributed by atoms with Crippen LogP contribution < -0.4 is 5.32 Å². The molecule has 18 heavy (non-hydrogen) atoms. The molecule has 3 rings (SSSR count). The van der Waals surface area contributed by atoms with Crippen molar-refractivity contribution in [1.82, 2.24) is 10.2 Å². The first-order chi connectivity index (χ1) is 8.78. The van der Waals surface area contributed by atoms with Crippen LogP contribution in [-0.2, 0) is 4.79 Å². The minimum atomic E-state index is 0.0822. The third-order valence-electron chi connectivity index (χ3n) is 4.75. The van der Waals surface area contributed by atoms with Gasteiger partial charge in [-0.05, 0) is 62.0 Å². The van der Waals surface area contributed by atoms with E-state index in [0.29, 0.717) is 5.91 Å². The summed E-state index contributed by atoms with van der Waals surface area (Å²) in [6, 6.07) is 0.0822. The van der Waals surface area contributed by atoms with E-state index in [4.69, 9.17) is 0 Å². The van der Waals surface area contributed by atoms with Crippen LogP contribution in [-0.4, -0.2) is 48.5 Å². The summed E-state index contributed by atoms with van der Waals surface area (Å²) in [5.74, 6) is 5.29. The number of hydrogen-bond donors (Lipinski definition) is 1. The zero-order valence-electron chi connectivity index (χ0n) is 11.2. The van der Waals surface area contributed by atoms with Gasteiger partial charge in [0.1, 0.15) is 0 Å². The van der Waals surface area contributed by atoms with E-state index in [1.165, 1.54) is 30.8 Å². The number of likely N-dealkylation sites (N-methyl/N-ethyl adjacent to an activating group) is 1. The first kappa shape index (κ1) is 12.8. The quantitative estimate of drug-likeness (QED) is 0.843. The van der Waals surface area contributed by atoms with Crippen molar-refractivity contribution < 1.29 is 4.79 Å². The van der Waals surface area contributed by atoms with E-state index >= 15 is 0 Å². The molecule has 3 nitrogen and oxygen atoms in total. The number of amides is 1. The Hall–Kier alpha value is -0.220. The van der Waals surface area contributed by atoms with Crippen molar-refractivity contribution in [2.24, 2.45) is 17.8 Å². The molecule has 1 aliphatic carbocycles. The van der Waals surface area contributed by atoms with Gasteiger partial charge in [-0.1, -0.05) is 0 Å². The van der Waals surface area contributed by atoms with Crippen LogP contribution in [0.15, 0.2) is 0 Å². The van der Waals surface area contributed by atoms with Crippen molar-refractivity contribution in [2.45, 2.75) is 31.7 Å². The van der Waals surface area contributed by atoms with E-state index in [9.17, 15) is 4.79 Å². The predicted molar refractivity (Wildman–Crippen MR) is 75.7 cm³/mol. The molecule has 0 aromatic carbocycles. The Bertz CT molecular complexity index is 317. The van der Waals surface area contributed by atoms with Gasteiger partial charge < -0.3 is 10.2 Å². The summed E-state index contributed by atoms with van der Waals surface area (Å²) in [6.07, 6.45) is 5.06. The first-order valence-electron chi connectivity index (χ1n) is 7.31. The number of carbonyl (C=O) groups is 1. The van der Waals surface area contributed by atoms with Crippen LogP contribution in [0.5, 0.6) is 0 Å². The largest absolute Gasteiger partial charge is 0.341 e. The van der Waals surface area contributed by atoms with E-state index in [2.05, 4.69) is 22.0 Å². The lowest BCUT2D eigenvalue weighted by Gasteiger charge is -2.31. The second-order valence-electron chi connectivity index (χ2n) is 6.16. The number of fused-ring (bicyclic) bond motifs is 1. The fourth-order valence-electron chi connectivity index (χ4n) is 3.49. The van der Waals surface area contributed by atoms with Crippen LogP contribution in [0.3, 0.4) is 0 Å². The molecule has 0 spiro atoms. The molecule has 0 bridgehead atoms. The molecule has 0 radical (unpaired) electrons. The maximum absolute atomic E-state index is 12.5. The maximum atomic E-state index is 12.5. The molecule has 0 aromatic rings. The molecule has 3 aliphatic rings. The summed E-state index contributed by atoms with van der Waals surface area (Å²) in [7, 11) is 1.93. The Morgan fingerprint density at radius 3 is 3.00 bits per heavy atom. The molecular weight excluding hydrogens is 244 g/mol. The van der Waals surface area contributed by atoms with Gasteiger partial charge >= 0.3 is 0 Å². The molecule has 2 aliphatic heterocycles. The first-order valence-corrected chi connectivity index (χ1v) is 8.47. The van der Waals surface area contributed by atoms with Crippen LogP contribution in [0, 0.1) is 17.8 Å².